The number of nitrogens with one attached hydrogen (secondary N) is 2. The molecule has 0 heterocycles. The molecule has 0 spiro atoms. The quantitative estimate of drug-likeness (QED) is 0.546. The van der Waals surface area contributed by atoms with Crippen molar-refractivity contribution >= 4 is 11.9 Å². The van der Waals surface area contributed by atoms with Gasteiger partial charge in [-0.3, -0.25) is 10.1 Å². The van der Waals surface area contributed by atoms with E-state index >= 15 is 0 Å². The van der Waals surface area contributed by atoms with Gasteiger partial charge in [-0.25, -0.2) is 4.79 Å². The van der Waals surface area contributed by atoms with Crippen LogP contribution in [0.5, 0.6) is 5.75 Å². The van der Waals surface area contributed by atoms with E-state index < -0.39 is 11.9 Å². The second kappa shape index (κ2) is 7.55. The largest absolute Gasteiger partial charge is 0.497 e. The van der Waals surface area contributed by atoms with E-state index in [1.165, 1.54) is 0 Å². The van der Waals surface area contributed by atoms with Crippen molar-refractivity contribution in [3.05, 3.63) is 41.1 Å². The molecule has 7 nitrogen and oxygen atoms in total. The summed E-state index contributed by atoms with van der Waals surface area (Å²) in [5.74, 6) is -0.0886. The van der Waals surface area contributed by atoms with E-state index in [1.54, 1.807) is 32.2 Å². The summed E-state index contributed by atoms with van der Waals surface area (Å²) >= 11 is 0. The Bertz CT molecular complexity index is 600. The molecule has 0 unspecified atom stereocenters. The number of nitrogens with zero attached hydrogens (tertiary/aromatic N) is 1. The van der Waals surface area contributed by atoms with Gasteiger partial charge in [0.25, 0.3) is 5.91 Å². The van der Waals surface area contributed by atoms with Gasteiger partial charge in [-0.05, 0) is 24.6 Å². The number of hydrogen-bond donors (Lipinski definition) is 3. The van der Waals surface area contributed by atoms with Gasteiger partial charge in [0.15, 0.2) is 0 Å². The maximum atomic E-state index is 11.6. The second-order valence-electron chi connectivity index (χ2n) is 4.13. The Balaban J connectivity index is 2.74. The molecular weight excluding hydrogens is 272 g/mol. The van der Waals surface area contributed by atoms with Gasteiger partial charge in [0.1, 0.15) is 17.4 Å². The third kappa shape index (κ3) is 4.87. The summed E-state index contributed by atoms with van der Waals surface area (Å²) in [7, 11) is 1.58. The van der Waals surface area contributed by atoms with Gasteiger partial charge in [-0.15, -0.1) is 0 Å². The Hall–Kier alpha value is -3.01. The van der Waals surface area contributed by atoms with Crippen LogP contribution in [0.25, 0.3) is 0 Å². The van der Waals surface area contributed by atoms with Crippen LogP contribution in [0.4, 0.5) is 4.79 Å². The van der Waals surface area contributed by atoms with Crippen LogP contribution in [0.15, 0.2) is 35.5 Å². The third-order valence-corrected chi connectivity index (χ3v) is 2.67. The van der Waals surface area contributed by atoms with Crippen molar-refractivity contribution in [1.82, 2.24) is 10.6 Å². The molecule has 0 saturated heterocycles. The molecule has 0 radical (unpaired) electrons. The van der Waals surface area contributed by atoms with Gasteiger partial charge in [0.05, 0.1) is 7.11 Å². The number of carbonyl (C=O) groups is 2. The molecule has 0 bridgehead atoms. The van der Waals surface area contributed by atoms with Crippen molar-refractivity contribution in [2.45, 2.75) is 13.5 Å². The molecule has 1 rings (SSSR count). The van der Waals surface area contributed by atoms with Crippen molar-refractivity contribution in [2.75, 3.05) is 7.11 Å². The average Bonchev–Trinajstić information content (AvgIpc) is 2.45. The molecule has 7 heteroatoms. The van der Waals surface area contributed by atoms with Crippen LogP contribution >= 0.6 is 0 Å². The van der Waals surface area contributed by atoms with Crippen molar-refractivity contribution in [2.24, 2.45) is 5.73 Å². The summed E-state index contributed by atoms with van der Waals surface area (Å²) in [5, 5.41) is 13.8. The van der Waals surface area contributed by atoms with E-state index in [4.69, 9.17) is 15.7 Å². The maximum absolute atomic E-state index is 11.6. The van der Waals surface area contributed by atoms with E-state index in [2.05, 4.69) is 5.32 Å². The van der Waals surface area contributed by atoms with Crippen molar-refractivity contribution in [3.8, 4) is 11.8 Å². The van der Waals surface area contributed by atoms with Crippen molar-refractivity contribution < 1.29 is 14.3 Å². The Kier molecular flexibility index (Phi) is 5.77. The lowest BCUT2D eigenvalue weighted by atomic mass is 10.2. The van der Waals surface area contributed by atoms with E-state index in [0.29, 0.717) is 12.2 Å². The predicted octanol–water partition coefficient (Wildman–Crippen LogP) is 0.777. The molecule has 0 saturated carbocycles. The van der Waals surface area contributed by atoms with Gasteiger partial charge < -0.3 is 15.8 Å². The summed E-state index contributed by atoms with van der Waals surface area (Å²) in [4.78, 5) is 22.2. The number of primary amides is 1. The molecule has 0 aromatic heterocycles. The molecule has 0 atom stereocenters. The number of imide groups is 1. The Morgan fingerprint density at radius 1 is 1.33 bits per heavy atom. The van der Waals surface area contributed by atoms with E-state index in [9.17, 15) is 9.59 Å². The minimum Gasteiger partial charge on any atom is -0.497 e. The second-order valence-corrected chi connectivity index (χ2v) is 4.13. The molecule has 1 aromatic carbocycles. The lowest BCUT2D eigenvalue weighted by Crippen LogP contribution is -2.36. The number of carbonyl (C=O) groups excluding carboxylic acids is 2. The number of hydrogen-bond acceptors (Lipinski definition) is 5. The number of rotatable bonds is 5. The number of amides is 3. The molecule has 0 aliphatic heterocycles. The SMILES string of the molecule is COc1ccc(CN/C(C)=C(/C#N)C(=O)NC(N)=O)cc1. The molecular formula is C14H16N4O3. The number of nitrogens with two attached hydrogens (primary N) is 1. The molecule has 0 aliphatic carbocycles. The zero-order valence-corrected chi connectivity index (χ0v) is 11.8. The summed E-state index contributed by atoms with van der Waals surface area (Å²) in [6, 6.07) is 8.06. The van der Waals surface area contributed by atoms with E-state index in [-0.39, 0.29) is 5.57 Å². The molecule has 0 aliphatic rings. The molecule has 4 N–H and O–H groups in total. The van der Waals surface area contributed by atoms with Gasteiger partial charge in [-0.1, -0.05) is 12.1 Å². The van der Waals surface area contributed by atoms with Crippen LogP contribution in [0.3, 0.4) is 0 Å². The highest BCUT2D eigenvalue weighted by atomic mass is 16.5. The van der Waals surface area contributed by atoms with E-state index in [0.717, 1.165) is 11.3 Å². The zero-order valence-electron chi connectivity index (χ0n) is 11.8. The first kappa shape index (κ1) is 16.0. The zero-order chi connectivity index (χ0) is 15.8. The van der Waals surface area contributed by atoms with Crippen molar-refractivity contribution in [3.63, 3.8) is 0 Å². The molecule has 21 heavy (non-hydrogen) atoms. The van der Waals surface area contributed by atoms with Crippen LogP contribution < -0.4 is 21.1 Å². The number of methoxy groups -OCH3 is 1. The van der Waals surface area contributed by atoms with Crippen LogP contribution in [-0.2, 0) is 11.3 Å². The number of benzene rings is 1. The summed E-state index contributed by atoms with van der Waals surface area (Å²) < 4.78 is 5.05. The standard InChI is InChI=1S/C14H16N4O3/c1-9(12(7-15)13(19)18-14(16)20)17-8-10-3-5-11(21-2)6-4-10/h3-6,17H,8H2,1-2H3,(H3,16,18,19,20)/b12-9-. The summed E-state index contributed by atoms with van der Waals surface area (Å²) in [5.41, 5.74) is 5.95. The lowest BCUT2D eigenvalue weighted by Gasteiger charge is -2.09. The molecule has 0 fully saturated rings. The first-order valence-corrected chi connectivity index (χ1v) is 6.06. The van der Waals surface area contributed by atoms with Crippen LogP contribution in [0.2, 0.25) is 0 Å². The smallest absolute Gasteiger partial charge is 0.319 e. The monoisotopic (exact) mass is 288 g/mol. The summed E-state index contributed by atoms with van der Waals surface area (Å²) in [6.07, 6.45) is 0. The van der Waals surface area contributed by atoms with Gasteiger partial charge >= 0.3 is 6.03 Å². The lowest BCUT2D eigenvalue weighted by molar-refractivity contribution is -0.116. The minimum absolute atomic E-state index is 0.192. The topological polar surface area (TPSA) is 117 Å². The maximum Gasteiger partial charge on any atom is 0.319 e. The number of nitriles is 1. The predicted molar refractivity (Wildman–Crippen MR) is 75.9 cm³/mol. The molecule has 1 aromatic rings. The Labute approximate surface area is 122 Å². The number of urea groups is 1. The minimum atomic E-state index is -1.00. The number of allylic oxidation sites excluding steroid dienone is 1. The summed E-state index contributed by atoms with van der Waals surface area (Å²) in [6.45, 7) is 1.99. The normalized spacial score (nSPS) is 10.9. The van der Waals surface area contributed by atoms with Crippen LogP contribution in [0, 0.1) is 11.3 Å². The number of ether oxygens (including phenoxy) is 1. The fourth-order valence-electron chi connectivity index (χ4n) is 1.55. The fraction of sp³-hybridized carbons (Fsp3) is 0.214. The van der Waals surface area contributed by atoms with Crippen LogP contribution in [-0.4, -0.2) is 19.0 Å². The highest BCUT2D eigenvalue weighted by Crippen LogP contribution is 2.11. The van der Waals surface area contributed by atoms with E-state index in [1.807, 2.05) is 17.4 Å². The van der Waals surface area contributed by atoms with Gasteiger partial charge in [0, 0.05) is 12.2 Å². The first-order valence-electron chi connectivity index (χ1n) is 6.06. The Morgan fingerprint density at radius 2 is 1.95 bits per heavy atom. The molecule has 110 valence electrons. The van der Waals surface area contributed by atoms with Crippen LogP contribution in [0.1, 0.15) is 12.5 Å². The van der Waals surface area contributed by atoms with Gasteiger partial charge in [-0.2, -0.15) is 5.26 Å². The Morgan fingerprint density at radius 3 is 2.43 bits per heavy atom. The highest BCUT2D eigenvalue weighted by Gasteiger charge is 2.14. The fourth-order valence-corrected chi connectivity index (χ4v) is 1.55. The average molecular weight is 288 g/mol. The van der Waals surface area contributed by atoms with Gasteiger partial charge in [0.2, 0.25) is 0 Å². The first-order chi connectivity index (χ1) is 9.97. The highest BCUT2D eigenvalue weighted by molar-refractivity contribution is 6.06. The van der Waals surface area contributed by atoms with Crippen molar-refractivity contribution in [1.29, 1.82) is 5.26 Å². The third-order valence-electron chi connectivity index (χ3n) is 2.67. The molecule has 3 amide bonds.